The quantitative estimate of drug-likeness (QED) is 0.384. The predicted molar refractivity (Wildman–Crippen MR) is 90.5 cm³/mol. The molecular formula is C19H30O3. The molecular weight excluding hydrogens is 276 g/mol. The van der Waals surface area contributed by atoms with Crippen LogP contribution in [0.1, 0.15) is 75.6 Å². The minimum atomic E-state index is -0.265. The van der Waals surface area contributed by atoms with Crippen molar-refractivity contribution in [3.05, 3.63) is 29.8 Å². The van der Waals surface area contributed by atoms with Crippen LogP contribution >= 0.6 is 0 Å². The van der Waals surface area contributed by atoms with E-state index in [9.17, 15) is 4.79 Å². The first-order valence-electron chi connectivity index (χ1n) is 8.68. The Morgan fingerprint density at radius 3 is 2.41 bits per heavy atom. The zero-order valence-electron chi connectivity index (χ0n) is 14.1. The number of hydrogen-bond acceptors (Lipinski definition) is 3. The van der Waals surface area contributed by atoms with Gasteiger partial charge in [-0.25, -0.2) is 4.79 Å². The maximum absolute atomic E-state index is 11.9. The minimum absolute atomic E-state index is 0.265. The molecule has 0 aliphatic heterocycles. The molecule has 22 heavy (non-hydrogen) atoms. The normalized spacial score (nSPS) is 10.5. The first-order chi connectivity index (χ1) is 10.8. The van der Waals surface area contributed by atoms with Gasteiger partial charge in [0, 0.05) is 0 Å². The number of carbonyl (C=O) groups is 1. The molecule has 1 rings (SSSR count). The van der Waals surface area contributed by atoms with Crippen LogP contribution in [0.2, 0.25) is 0 Å². The molecule has 0 aliphatic carbocycles. The van der Waals surface area contributed by atoms with Gasteiger partial charge in [0.2, 0.25) is 0 Å². The summed E-state index contributed by atoms with van der Waals surface area (Å²) in [4.78, 5) is 11.9. The van der Waals surface area contributed by atoms with Crippen LogP contribution in [-0.4, -0.2) is 19.2 Å². The van der Waals surface area contributed by atoms with Gasteiger partial charge in [-0.1, -0.05) is 58.4 Å². The van der Waals surface area contributed by atoms with Crippen molar-refractivity contribution in [3.63, 3.8) is 0 Å². The topological polar surface area (TPSA) is 35.5 Å². The Morgan fingerprint density at radius 2 is 1.64 bits per heavy atom. The Morgan fingerprint density at radius 1 is 0.909 bits per heavy atom. The second kappa shape index (κ2) is 12.1. The summed E-state index contributed by atoms with van der Waals surface area (Å²) in [5.41, 5.74) is 0.566. The molecule has 0 amide bonds. The van der Waals surface area contributed by atoms with Crippen LogP contribution < -0.4 is 4.74 Å². The third kappa shape index (κ3) is 8.06. The first kappa shape index (κ1) is 18.5. The van der Waals surface area contributed by atoms with Crippen molar-refractivity contribution in [2.24, 2.45) is 0 Å². The highest BCUT2D eigenvalue weighted by Crippen LogP contribution is 2.15. The van der Waals surface area contributed by atoms with Crippen LogP contribution in [0, 0.1) is 0 Å². The molecule has 0 radical (unpaired) electrons. The lowest BCUT2D eigenvalue weighted by molar-refractivity contribution is 0.0499. The molecule has 3 nitrogen and oxygen atoms in total. The number of hydrogen-bond donors (Lipinski definition) is 0. The van der Waals surface area contributed by atoms with Crippen molar-refractivity contribution >= 4 is 5.97 Å². The number of benzene rings is 1. The van der Waals surface area contributed by atoms with E-state index < -0.39 is 0 Å². The van der Waals surface area contributed by atoms with Crippen LogP contribution in [0.25, 0.3) is 0 Å². The van der Waals surface area contributed by atoms with E-state index in [-0.39, 0.29) is 5.97 Å². The highest BCUT2D eigenvalue weighted by Gasteiger charge is 2.07. The van der Waals surface area contributed by atoms with Gasteiger partial charge in [-0.3, -0.25) is 0 Å². The molecule has 1 aromatic carbocycles. The Bertz CT molecular complexity index is 415. The molecule has 1 aromatic rings. The fraction of sp³-hybridized carbons (Fsp3) is 0.632. The Labute approximate surface area is 135 Å². The standard InChI is InChI=1S/C19H30O3/c1-3-5-7-8-9-10-15-21-18-13-11-12-17(16-18)19(20)22-14-6-4-2/h11-13,16H,3-10,14-15H2,1-2H3. The number of carbonyl (C=O) groups excluding carboxylic acids is 1. The molecule has 0 unspecified atom stereocenters. The van der Waals surface area contributed by atoms with Crippen molar-refractivity contribution in [2.75, 3.05) is 13.2 Å². The van der Waals surface area contributed by atoms with E-state index >= 15 is 0 Å². The van der Waals surface area contributed by atoms with E-state index in [2.05, 4.69) is 13.8 Å². The molecule has 0 spiro atoms. The highest BCUT2D eigenvalue weighted by molar-refractivity contribution is 5.89. The minimum Gasteiger partial charge on any atom is -0.494 e. The Kier molecular flexibility index (Phi) is 10.2. The van der Waals surface area contributed by atoms with Crippen LogP contribution in [-0.2, 0) is 4.74 Å². The van der Waals surface area contributed by atoms with E-state index in [0.29, 0.717) is 18.8 Å². The van der Waals surface area contributed by atoms with E-state index in [1.807, 2.05) is 12.1 Å². The van der Waals surface area contributed by atoms with Gasteiger partial charge in [0.25, 0.3) is 0 Å². The number of unbranched alkanes of at least 4 members (excludes halogenated alkanes) is 6. The fourth-order valence-electron chi connectivity index (χ4n) is 2.18. The summed E-state index contributed by atoms with van der Waals surface area (Å²) >= 11 is 0. The number of esters is 1. The molecule has 124 valence electrons. The Hall–Kier alpha value is -1.51. The molecule has 0 bridgehead atoms. The van der Waals surface area contributed by atoms with E-state index in [4.69, 9.17) is 9.47 Å². The predicted octanol–water partition coefficient (Wildman–Crippen LogP) is 5.38. The molecule has 3 heteroatoms. The van der Waals surface area contributed by atoms with Crippen LogP contribution in [0.4, 0.5) is 0 Å². The average Bonchev–Trinajstić information content (AvgIpc) is 2.54. The lowest BCUT2D eigenvalue weighted by Crippen LogP contribution is -2.06. The third-order valence-corrected chi connectivity index (χ3v) is 3.57. The second-order valence-electron chi connectivity index (χ2n) is 5.63. The zero-order valence-corrected chi connectivity index (χ0v) is 14.1. The summed E-state index contributed by atoms with van der Waals surface area (Å²) in [6, 6.07) is 7.27. The summed E-state index contributed by atoms with van der Waals surface area (Å²) in [6.45, 7) is 5.49. The van der Waals surface area contributed by atoms with Crippen LogP contribution in [0.15, 0.2) is 24.3 Å². The Balaban J connectivity index is 2.27. The molecule has 0 N–H and O–H groups in total. The average molecular weight is 306 g/mol. The SMILES string of the molecule is CCCCCCCCOc1cccc(C(=O)OCCCC)c1. The first-order valence-corrected chi connectivity index (χ1v) is 8.68. The smallest absolute Gasteiger partial charge is 0.338 e. The van der Waals surface area contributed by atoms with Crippen LogP contribution in [0.5, 0.6) is 5.75 Å². The van der Waals surface area contributed by atoms with Crippen molar-refractivity contribution in [1.82, 2.24) is 0 Å². The van der Waals surface area contributed by atoms with Gasteiger partial charge in [-0.05, 0) is 31.0 Å². The number of rotatable bonds is 12. The van der Waals surface area contributed by atoms with E-state index in [1.54, 1.807) is 12.1 Å². The van der Waals surface area contributed by atoms with Gasteiger partial charge < -0.3 is 9.47 Å². The molecule has 0 atom stereocenters. The highest BCUT2D eigenvalue weighted by atomic mass is 16.5. The van der Waals surface area contributed by atoms with Crippen molar-refractivity contribution in [2.45, 2.75) is 65.2 Å². The maximum atomic E-state index is 11.9. The summed E-state index contributed by atoms with van der Waals surface area (Å²) in [5, 5.41) is 0. The van der Waals surface area contributed by atoms with E-state index in [1.165, 1.54) is 32.1 Å². The summed E-state index contributed by atoms with van der Waals surface area (Å²) in [6.07, 6.45) is 9.39. The molecule has 0 fully saturated rings. The summed E-state index contributed by atoms with van der Waals surface area (Å²) < 4.78 is 10.9. The lowest BCUT2D eigenvalue weighted by Gasteiger charge is -2.08. The van der Waals surface area contributed by atoms with Gasteiger partial charge in [-0.2, -0.15) is 0 Å². The van der Waals surface area contributed by atoms with Gasteiger partial charge in [0.05, 0.1) is 18.8 Å². The van der Waals surface area contributed by atoms with Crippen molar-refractivity contribution in [1.29, 1.82) is 0 Å². The summed E-state index contributed by atoms with van der Waals surface area (Å²) in [5.74, 6) is 0.483. The molecule has 0 aliphatic rings. The second-order valence-corrected chi connectivity index (χ2v) is 5.63. The monoisotopic (exact) mass is 306 g/mol. The molecule has 0 aromatic heterocycles. The van der Waals surface area contributed by atoms with Gasteiger partial charge in [-0.15, -0.1) is 0 Å². The van der Waals surface area contributed by atoms with Crippen molar-refractivity contribution < 1.29 is 14.3 Å². The zero-order chi connectivity index (χ0) is 16.0. The van der Waals surface area contributed by atoms with Gasteiger partial charge >= 0.3 is 5.97 Å². The van der Waals surface area contributed by atoms with Gasteiger partial charge in [0.15, 0.2) is 0 Å². The molecule has 0 saturated carbocycles. The number of ether oxygens (including phenoxy) is 2. The largest absolute Gasteiger partial charge is 0.494 e. The van der Waals surface area contributed by atoms with Crippen LogP contribution in [0.3, 0.4) is 0 Å². The molecule has 0 heterocycles. The molecule has 0 saturated heterocycles. The maximum Gasteiger partial charge on any atom is 0.338 e. The summed E-state index contributed by atoms with van der Waals surface area (Å²) in [7, 11) is 0. The van der Waals surface area contributed by atoms with Gasteiger partial charge in [0.1, 0.15) is 5.75 Å². The lowest BCUT2D eigenvalue weighted by atomic mass is 10.1. The van der Waals surface area contributed by atoms with E-state index in [0.717, 1.165) is 25.0 Å². The van der Waals surface area contributed by atoms with Crippen molar-refractivity contribution in [3.8, 4) is 5.75 Å². The fourth-order valence-corrected chi connectivity index (χ4v) is 2.18. The third-order valence-electron chi connectivity index (χ3n) is 3.57.